The zero-order valence-corrected chi connectivity index (χ0v) is 18.5. The summed E-state index contributed by atoms with van der Waals surface area (Å²) in [7, 11) is 2.17. The lowest BCUT2D eigenvalue weighted by molar-refractivity contribution is 0.0981. The third kappa shape index (κ3) is 4.31. The molecule has 0 radical (unpaired) electrons. The van der Waals surface area contributed by atoms with Crippen LogP contribution in [-0.4, -0.2) is 92.9 Å². The largest absolute Gasteiger partial charge is 0.381 e. The Morgan fingerprint density at radius 3 is 2.58 bits per heavy atom. The first-order valence-corrected chi connectivity index (χ1v) is 11.1. The van der Waals surface area contributed by atoms with Crippen LogP contribution in [0.1, 0.15) is 23.2 Å². The first kappa shape index (κ1) is 21.5. The quantitative estimate of drug-likeness (QED) is 0.587. The fourth-order valence-corrected chi connectivity index (χ4v) is 4.65. The van der Waals surface area contributed by atoms with Crippen molar-refractivity contribution in [3.8, 4) is 0 Å². The second kappa shape index (κ2) is 8.87. The van der Waals surface area contributed by atoms with Crippen molar-refractivity contribution in [1.82, 2.24) is 34.6 Å². The Kier molecular flexibility index (Phi) is 5.77. The molecule has 11 nitrogen and oxygen atoms in total. The highest BCUT2D eigenvalue weighted by atomic mass is 19.1. The molecular weight excluding hydrogens is 427 g/mol. The van der Waals surface area contributed by atoms with Crippen molar-refractivity contribution < 1.29 is 9.18 Å². The molecule has 0 aromatic carbocycles. The summed E-state index contributed by atoms with van der Waals surface area (Å²) in [6, 6.07) is 0.577. The zero-order valence-electron chi connectivity index (χ0n) is 18.5. The Balaban J connectivity index is 1.30. The van der Waals surface area contributed by atoms with Crippen LogP contribution in [0, 0.1) is 5.82 Å². The maximum atomic E-state index is 13.5. The van der Waals surface area contributed by atoms with Crippen molar-refractivity contribution in [3.63, 3.8) is 0 Å². The van der Waals surface area contributed by atoms with E-state index in [1.165, 1.54) is 6.20 Å². The predicted octanol–water partition coefficient (Wildman–Crippen LogP) is 0.709. The number of halogens is 1. The molecule has 3 N–H and O–H groups in total. The number of rotatable bonds is 4. The highest BCUT2D eigenvalue weighted by Gasteiger charge is 2.28. The van der Waals surface area contributed by atoms with E-state index in [4.69, 9.17) is 5.73 Å². The molecule has 0 bridgehead atoms. The topological polar surface area (TPSA) is 121 Å². The molecule has 2 aliphatic rings. The highest BCUT2D eigenvalue weighted by molar-refractivity contribution is 6.12. The number of carbonyl (C=O) groups is 1. The van der Waals surface area contributed by atoms with Gasteiger partial charge in [0.1, 0.15) is 5.56 Å². The molecule has 174 valence electrons. The molecule has 2 saturated heterocycles. The van der Waals surface area contributed by atoms with Crippen molar-refractivity contribution in [2.45, 2.75) is 18.9 Å². The number of nitrogen functional groups attached to an aromatic ring is 1. The minimum absolute atomic E-state index is 0.0258. The van der Waals surface area contributed by atoms with E-state index in [9.17, 15) is 9.18 Å². The lowest BCUT2D eigenvalue weighted by Crippen LogP contribution is -2.52. The Hall–Kier alpha value is -3.38. The number of piperidine rings is 1. The lowest BCUT2D eigenvalue weighted by atomic mass is 10.0. The van der Waals surface area contributed by atoms with E-state index in [-0.39, 0.29) is 17.0 Å². The molecule has 2 aliphatic heterocycles. The maximum Gasteiger partial charge on any atom is 0.263 e. The van der Waals surface area contributed by atoms with E-state index in [1.54, 1.807) is 6.20 Å². The molecule has 2 fully saturated rings. The standard InChI is InChI=1S/C21H27FN10O/c1-29-6-8-30(9-7-29)15-2-4-31(5-3-15)17-12-26-25-11-16(17)27-21(33)18-19(23)28-32-13-14(22)10-24-20(18)32/h10-13,15H,2-9H2,1H3,(H2,23,28)(H,26,27,33). The van der Waals surface area contributed by atoms with Gasteiger partial charge < -0.3 is 20.9 Å². The summed E-state index contributed by atoms with van der Waals surface area (Å²) in [5.41, 5.74) is 7.55. The summed E-state index contributed by atoms with van der Waals surface area (Å²) in [5, 5.41) is 14.8. The van der Waals surface area contributed by atoms with Crippen LogP contribution in [-0.2, 0) is 0 Å². The van der Waals surface area contributed by atoms with Crippen molar-refractivity contribution >= 4 is 28.7 Å². The number of nitrogens with one attached hydrogen (secondary N) is 1. The number of hydrogen-bond donors (Lipinski definition) is 2. The van der Waals surface area contributed by atoms with Gasteiger partial charge >= 0.3 is 0 Å². The number of nitrogens with zero attached hydrogens (tertiary/aromatic N) is 8. The smallest absolute Gasteiger partial charge is 0.263 e. The van der Waals surface area contributed by atoms with E-state index < -0.39 is 11.7 Å². The Labute approximate surface area is 190 Å². The Bertz CT molecular complexity index is 1150. The number of carbonyl (C=O) groups excluding carboxylic acids is 1. The molecular formula is C21H27FN10O. The van der Waals surface area contributed by atoms with Crippen molar-refractivity contribution in [1.29, 1.82) is 0 Å². The van der Waals surface area contributed by atoms with Crippen LogP contribution < -0.4 is 16.0 Å². The summed E-state index contributed by atoms with van der Waals surface area (Å²) >= 11 is 0. The minimum Gasteiger partial charge on any atom is -0.381 e. The molecule has 0 saturated carbocycles. The molecule has 33 heavy (non-hydrogen) atoms. The minimum atomic E-state index is -0.572. The van der Waals surface area contributed by atoms with Crippen LogP contribution >= 0.6 is 0 Å². The van der Waals surface area contributed by atoms with Gasteiger partial charge in [0.25, 0.3) is 5.91 Å². The average molecular weight is 455 g/mol. The first-order chi connectivity index (χ1) is 16.0. The van der Waals surface area contributed by atoms with Crippen molar-refractivity contribution in [2.24, 2.45) is 0 Å². The van der Waals surface area contributed by atoms with Gasteiger partial charge in [-0.15, -0.1) is 5.10 Å². The second-order valence-corrected chi connectivity index (χ2v) is 8.60. The predicted molar refractivity (Wildman–Crippen MR) is 122 cm³/mol. The zero-order chi connectivity index (χ0) is 22.9. The SMILES string of the molecule is CN1CCN(C2CCN(c3cnncc3NC(=O)c3c(N)nn4cc(F)cnc34)CC2)CC1. The normalized spacial score (nSPS) is 18.7. The van der Waals surface area contributed by atoms with Crippen molar-refractivity contribution in [2.75, 3.05) is 62.3 Å². The summed E-state index contributed by atoms with van der Waals surface area (Å²) in [4.78, 5) is 24.2. The van der Waals surface area contributed by atoms with Gasteiger partial charge in [0.15, 0.2) is 17.3 Å². The second-order valence-electron chi connectivity index (χ2n) is 8.60. The number of likely N-dealkylation sites (N-methyl/N-ethyl adjacent to an activating group) is 1. The van der Waals surface area contributed by atoms with Crippen LogP contribution in [0.4, 0.5) is 21.6 Å². The average Bonchev–Trinajstić information content (AvgIpc) is 3.15. The number of piperazine rings is 1. The number of amides is 1. The van der Waals surface area contributed by atoms with Gasteiger partial charge in [0, 0.05) is 45.3 Å². The van der Waals surface area contributed by atoms with Crippen LogP contribution in [0.15, 0.2) is 24.8 Å². The third-order valence-corrected chi connectivity index (χ3v) is 6.51. The summed E-state index contributed by atoms with van der Waals surface area (Å²) in [6.45, 7) is 6.17. The van der Waals surface area contributed by atoms with Crippen LogP contribution in [0.25, 0.3) is 5.65 Å². The fourth-order valence-electron chi connectivity index (χ4n) is 4.65. The molecule has 0 aliphatic carbocycles. The first-order valence-electron chi connectivity index (χ1n) is 11.1. The van der Waals surface area contributed by atoms with Gasteiger partial charge in [0.2, 0.25) is 0 Å². The monoisotopic (exact) mass is 454 g/mol. The number of aromatic nitrogens is 5. The van der Waals surface area contributed by atoms with Gasteiger partial charge in [0.05, 0.1) is 36.2 Å². The van der Waals surface area contributed by atoms with Crippen molar-refractivity contribution in [3.05, 3.63) is 36.2 Å². The van der Waals surface area contributed by atoms with E-state index in [2.05, 4.69) is 47.3 Å². The van der Waals surface area contributed by atoms with Gasteiger partial charge in [-0.05, 0) is 19.9 Å². The summed E-state index contributed by atoms with van der Waals surface area (Å²) in [5.74, 6) is -1.08. The number of fused-ring (bicyclic) bond motifs is 1. The molecule has 0 unspecified atom stereocenters. The fraction of sp³-hybridized carbons (Fsp3) is 0.476. The molecule has 5 rings (SSSR count). The van der Waals surface area contributed by atoms with Gasteiger partial charge in [-0.3, -0.25) is 9.69 Å². The molecule has 1 amide bonds. The molecule has 0 atom stereocenters. The molecule has 3 aromatic heterocycles. The maximum absolute atomic E-state index is 13.5. The van der Waals surface area contributed by atoms with Crippen LogP contribution in [0.2, 0.25) is 0 Å². The number of nitrogens with two attached hydrogens (primary N) is 1. The van der Waals surface area contributed by atoms with Gasteiger partial charge in [-0.2, -0.15) is 10.2 Å². The highest BCUT2D eigenvalue weighted by Crippen LogP contribution is 2.29. The summed E-state index contributed by atoms with van der Waals surface area (Å²) in [6.07, 6.45) is 7.44. The van der Waals surface area contributed by atoms with Gasteiger partial charge in [-0.1, -0.05) is 0 Å². The Morgan fingerprint density at radius 2 is 1.82 bits per heavy atom. The van der Waals surface area contributed by atoms with E-state index in [0.29, 0.717) is 11.7 Å². The molecule has 0 spiro atoms. The van der Waals surface area contributed by atoms with E-state index in [1.807, 2.05) is 0 Å². The molecule has 12 heteroatoms. The Morgan fingerprint density at radius 1 is 1.09 bits per heavy atom. The van der Waals surface area contributed by atoms with Gasteiger partial charge in [-0.25, -0.2) is 13.9 Å². The summed E-state index contributed by atoms with van der Waals surface area (Å²) < 4.78 is 14.6. The van der Waals surface area contributed by atoms with Crippen LogP contribution in [0.3, 0.4) is 0 Å². The van der Waals surface area contributed by atoms with Crippen LogP contribution in [0.5, 0.6) is 0 Å². The third-order valence-electron chi connectivity index (χ3n) is 6.51. The number of anilines is 3. The molecule has 5 heterocycles. The molecule has 3 aromatic rings. The lowest BCUT2D eigenvalue weighted by Gasteiger charge is -2.42. The van der Waals surface area contributed by atoms with E-state index in [0.717, 1.165) is 74.7 Å². The number of hydrogen-bond acceptors (Lipinski definition) is 9. The van der Waals surface area contributed by atoms with E-state index >= 15 is 0 Å².